The van der Waals surface area contributed by atoms with Crippen molar-refractivity contribution in [3.05, 3.63) is 84.4 Å². The van der Waals surface area contributed by atoms with Gasteiger partial charge < -0.3 is 25.0 Å². The summed E-state index contributed by atoms with van der Waals surface area (Å²) in [5.74, 6) is 1.97. The first-order chi connectivity index (χ1) is 17.6. The fourth-order valence-electron chi connectivity index (χ4n) is 4.04. The molecule has 0 unspecified atom stereocenters. The highest BCUT2D eigenvalue weighted by atomic mass is 16.5. The number of nitrogens with zero attached hydrogens (tertiary/aromatic N) is 1. The number of ether oxygens (including phenoxy) is 2. The van der Waals surface area contributed by atoms with Gasteiger partial charge in [-0.25, -0.2) is 0 Å². The zero-order chi connectivity index (χ0) is 25.2. The molecule has 2 amide bonds. The molecule has 0 aliphatic carbocycles. The van der Waals surface area contributed by atoms with Crippen LogP contribution in [-0.2, 0) is 4.79 Å². The molecule has 0 saturated carbocycles. The van der Waals surface area contributed by atoms with Gasteiger partial charge in [0.15, 0.2) is 0 Å². The fraction of sp³-hybridized carbons (Fsp3) is 0.310. The summed E-state index contributed by atoms with van der Waals surface area (Å²) in [6.45, 7) is 4.71. The van der Waals surface area contributed by atoms with E-state index >= 15 is 0 Å². The molecule has 0 bridgehead atoms. The third kappa shape index (κ3) is 7.50. The van der Waals surface area contributed by atoms with Gasteiger partial charge in [-0.3, -0.25) is 9.59 Å². The van der Waals surface area contributed by atoms with E-state index in [1.807, 2.05) is 59.5 Å². The third-order valence-corrected chi connectivity index (χ3v) is 6.12. The maximum atomic E-state index is 12.8. The van der Waals surface area contributed by atoms with E-state index in [2.05, 4.69) is 17.6 Å². The highest BCUT2D eigenvalue weighted by Gasteiger charge is 2.21. The Hall–Kier alpha value is -4.00. The van der Waals surface area contributed by atoms with Crippen LogP contribution in [0.3, 0.4) is 0 Å². The molecule has 7 nitrogen and oxygen atoms in total. The number of para-hydroxylation sites is 1. The van der Waals surface area contributed by atoms with Gasteiger partial charge >= 0.3 is 0 Å². The molecule has 2 N–H and O–H groups in total. The van der Waals surface area contributed by atoms with Crippen molar-refractivity contribution in [1.29, 1.82) is 0 Å². The number of anilines is 2. The van der Waals surface area contributed by atoms with E-state index in [9.17, 15) is 9.59 Å². The van der Waals surface area contributed by atoms with Crippen molar-refractivity contribution < 1.29 is 19.1 Å². The molecular weight excluding hydrogens is 454 g/mol. The highest BCUT2D eigenvalue weighted by molar-refractivity contribution is 5.98. The zero-order valence-electron chi connectivity index (χ0n) is 20.6. The zero-order valence-corrected chi connectivity index (χ0v) is 20.6. The van der Waals surface area contributed by atoms with E-state index in [0.717, 1.165) is 37.4 Å². The average Bonchev–Trinajstić information content (AvgIpc) is 2.91. The van der Waals surface area contributed by atoms with E-state index in [1.54, 1.807) is 24.3 Å². The second kappa shape index (κ2) is 12.6. The van der Waals surface area contributed by atoms with Crippen molar-refractivity contribution in [2.45, 2.75) is 19.8 Å². The Morgan fingerprint density at radius 3 is 2.28 bits per heavy atom. The summed E-state index contributed by atoms with van der Waals surface area (Å²) in [5, 5.41) is 5.99. The molecule has 3 aromatic rings. The number of benzene rings is 3. The van der Waals surface area contributed by atoms with E-state index in [1.165, 1.54) is 0 Å². The molecule has 188 valence electrons. The minimum atomic E-state index is -0.200. The Bertz CT molecular complexity index is 1140. The molecule has 36 heavy (non-hydrogen) atoms. The van der Waals surface area contributed by atoms with Crippen LogP contribution in [-0.4, -0.2) is 49.6 Å². The Balaban J connectivity index is 1.22. The van der Waals surface area contributed by atoms with Crippen molar-refractivity contribution in [1.82, 2.24) is 4.90 Å². The van der Waals surface area contributed by atoms with Gasteiger partial charge in [-0.15, -0.1) is 0 Å². The van der Waals surface area contributed by atoms with E-state index in [0.29, 0.717) is 36.1 Å². The van der Waals surface area contributed by atoms with Crippen LogP contribution in [0.2, 0.25) is 0 Å². The highest BCUT2D eigenvalue weighted by Crippen LogP contribution is 2.20. The molecule has 0 radical (unpaired) electrons. The maximum absolute atomic E-state index is 12.8. The van der Waals surface area contributed by atoms with E-state index < -0.39 is 0 Å². The standard InChI is InChI=1S/C29H33N3O4/c1-22-13-15-32(16-14-22)29(34)23-7-5-9-25(19-23)31-28(33)21-30-24-8-6-12-27(20-24)36-18-17-35-26-10-3-2-4-11-26/h2-12,19-20,22,30H,13-18,21H2,1H3,(H,31,33). The third-order valence-electron chi connectivity index (χ3n) is 6.12. The molecular formula is C29H33N3O4. The lowest BCUT2D eigenvalue weighted by Crippen LogP contribution is -2.37. The van der Waals surface area contributed by atoms with Gasteiger partial charge in [-0.2, -0.15) is 0 Å². The van der Waals surface area contributed by atoms with Gasteiger partial charge in [-0.05, 0) is 61.2 Å². The number of likely N-dealkylation sites (tertiary alicyclic amines) is 1. The molecule has 1 heterocycles. The summed E-state index contributed by atoms with van der Waals surface area (Å²) >= 11 is 0. The summed E-state index contributed by atoms with van der Waals surface area (Å²) in [7, 11) is 0. The molecule has 3 aromatic carbocycles. The van der Waals surface area contributed by atoms with Crippen molar-refractivity contribution >= 4 is 23.2 Å². The topological polar surface area (TPSA) is 79.9 Å². The van der Waals surface area contributed by atoms with Gasteiger partial charge in [-0.1, -0.05) is 37.3 Å². The Labute approximate surface area is 212 Å². The number of rotatable bonds is 10. The van der Waals surface area contributed by atoms with Crippen LogP contribution >= 0.6 is 0 Å². The van der Waals surface area contributed by atoms with Crippen LogP contribution in [0.5, 0.6) is 11.5 Å². The quantitative estimate of drug-likeness (QED) is 0.391. The van der Waals surface area contributed by atoms with Gasteiger partial charge in [0.05, 0.1) is 6.54 Å². The van der Waals surface area contributed by atoms with Crippen molar-refractivity contribution in [2.75, 3.05) is 43.5 Å². The lowest BCUT2D eigenvalue weighted by molar-refractivity contribution is -0.114. The SMILES string of the molecule is CC1CCN(C(=O)c2cccc(NC(=O)CNc3cccc(OCCOc4ccccc4)c3)c2)CC1. The van der Waals surface area contributed by atoms with E-state index in [4.69, 9.17) is 9.47 Å². The van der Waals surface area contributed by atoms with Crippen molar-refractivity contribution in [3.8, 4) is 11.5 Å². The maximum Gasteiger partial charge on any atom is 0.253 e. The summed E-state index contributed by atoms with van der Waals surface area (Å²) in [5.41, 5.74) is 1.97. The average molecular weight is 488 g/mol. The summed E-state index contributed by atoms with van der Waals surface area (Å²) in [4.78, 5) is 27.2. The molecule has 1 saturated heterocycles. The van der Waals surface area contributed by atoms with Crippen LogP contribution in [0.25, 0.3) is 0 Å². The molecule has 0 spiro atoms. The molecule has 7 heteroatoms. The van der Waals surface area contributed by atoms with Crippen LogP contribution in [0.4, 0.5) is 11.4 Å². The minimum absolute atomic E-state index is 0.0158. The largest absolute Gasteiger partial charge is 0.490 e. The van der Waals surface area contributed by atoms with E-state index in [-0.39, 0.29) is 18.4 Å². The minimum Gasteiger partial charge on any atom is -0.490 e. The molecule has 1 aliphatic heterocycles. The van der Waals surface area contributed by atoms with Gasteiger partial charge in [0.25, 0.3) is 5.91 Å². The first kappa shape index (κ1) is 25.1. The smallest absolute Gasteiger partial charge is 0.253 e. The van der Waals surface area contributed by atoms with Crippen LogP contribution in [0.15, 0.2) is 78.9 Å². The number of hydrogen-bond acceptors (Lipinski definition) is 5. The monoisotopic (exact) mass is 487 g/mol. The van der Waals surface area contributed by atoms with Gasteiger partial charge in [0, 0.05) is 36.1 Å². The van der Waals surface area contributed by atoms with Crippen LogP contribution in [0.1, 0.15) is 30.1 Å². The van der Waals surface area contributed by atoms with Crippen molar-refractivity contribution in [2.24, 2.45) is 5.92 Å². The number of hydrogen-bond donors (Lipinski definition) is 2. The molecule has 0 atom stereocenters. The summed E-state index contributed by atoms with van der Waals surface area (Å²) in [6, 6.07) is 24.2. The first-order valence-electron chi connectivity index (χ1n) is 12.4. The van der Waals surface area contributed by atoms with Crippen LogP contribution in [0, 0.1) is 5.92 Å². The lowest BCUT2D eigenvalue weighted by Gasteiger charge is -2.30. The number of piperidine rings is 1. The predicted octanol–water partition coefficient (Wildman–Crippen LogP) is 5.07. The fourth-order valence-corrected chi connectivity index (χ4v) is 4.04. The predicted molar refractivity (Wildman–Crippen MR) is 142 cm³/mol. The number of carbonyl (C=O) groups is 2. The Kier molecular flexibility index (Phi) is 8.81. The normalized spacial score (nSPS) is 13.6. The first-order valence-corrected chi connectivity index (χ1v) is 12.4. The Morgan fingerprint density at radius 1 is 0.833 bits per heavy atom. The number of carbonyl (C=O) groups excluding carboxylic acids is 2. The molecule has 4 rings (SSSR count). The van der Waals surface area contributed by atoms with Crippen LogP contribution < -0.4 is 20.1 Å². The molecule has 0 aromatic heterocycles. The van der Waals surface area contributed by atoms with Crippen molar-refractivity contribution in [3.63, 3.8) is 0 Å². The number of amides is 2. The number of nitrogens with one attached hydrogen (secondary N) is 2. The van der Waals surface area contributed by atoms with Gasteiger partial charge in [0.1, 0.15) is 24.7 Å². The lowest BCUT2D eigenvalue weighted by atomic mass is 9.98. The second-order valence-corrected chi connectivity index (χ2v) is 9.00. The Morgan fingerprint density at radius 2 is 1.50 bits per heavy atom. The van der Waals surface area contributed by atoms with Gasteiger partial charge in [0.2, 0.25) is 5.91 Å². The second-order valence-electron chi connectivity index (χ2n) is 9.00. The summed E-state index contributed by atoms with van der Waals surface area (Å²) < 4.78 is 11.4. The molecule has 1 fully saturated rings. The molecule has 1 aliphatic rings. The summed E-state index contributed by atoms with van der Waals surface area (Å²) in [6.07, 6.45) is 2.06.